The zero-order chi connectivity index (χ0) is 23.4. The van der Waals surface area contributed by atoms with Gasteiger partial charge in [0.2, 0.25) is 5.88 Å². The number of rotatable bonds is 4. The maximum Gasteiger partial charge on any atom is 0.326 e. The van der Waals surface area contributed by atoms with E-state index < -0.39 is 11.9 Å². The molecule has 32 heavy (non-hydrogen) atoms. The number of ether oxygens (including phenoxy) is 1. The summed E-state index contributed by atoms with van der Waals surface area (Å²) < 4.78 is 5.68. The topological polar surface area (TPSA) is 104 Å². The number of carbonyl (C=O) groups is 2. The van der Waals surface area contributed by atoms with Gasteiger partial charge in [-0.1, -0.05) is 52.5 Å². The zero-order valence-corrected chi connectivity index (χ0v) is 19.2. The third kappa shape index (κ3) is 5.42. The van der Waals surface area contributed by atoms with E-state index in [-0.39, 0.29) is 43.0 Å². The lowest BCUT2D eigenvalue weighted by Gasteiger charge is -2.13. The second-order valence-corrected chi connectivity index (χ2v) is 7.96. The number of nitrogens with zero attached hydrogens (tertiary/aromatic N) is 2. The molecule has 0 spiro atoms. The number of benzene rings is 2. The van der Waals surface area contributed by atoms with E-state index in [0.29, 0.717) is 11.1 Å². The molecule has 0 fully saturated rings. The monoisotopic (exact) mass is 508 g/mol. The number of halogens is 4. The standard InChI is InChI=1S/C21H12Cl4N4O3/c1-10-5-11(8-26)9-27-20(10)32-18-15(24)6-12(7-16(18)25)28-21(31)29-19(30)17-13(22)3-2-4-14(17)23/h2-7,9H,1H3,(H2,28,29,30,31). The third-order valence-corrected chi connectivity index (χ3v) is 5.22. The van der Waals surface area contributed by atoms with Gasteiger partial charge in [0.15, 0.2) is 5.75 Å². The van der Waals surface area contributed by atoms with E-state index >= 15 is 0 Å². The SMILES string of the molecule is Cc1cc(C#N)cnc1Oc1c(Cl)cc(NC(=O)NC(=O)c2c(Cl)cccc2Cl)cc1Cl. The minimum absolute atomic E-state index is 0.0314. The van der Waals surface area contributed by atoms with Gasteiger partial charge in [-0.3, -0.25) is 10.1 Å². The molecule has 0 aliphatic carbocycles. The maximum absolute atomic E-state index is 12.3. The van der Waals surface area contributed by atoms with Crippen LogP contribution >= 0.6 is 46.4 Å². The Bertz CT molecular complexity index is 1230. The highest BCUT2D eigenvalue weighted by molar-refractivity contribution is 6.40. The minimum atomic E-state index is -0.851. The fourth-order valence-corrected chi connectivity index (χ4v) is 3.73. The average Bonchev–Trinajstić information content (AvgIpc) is 2.71. The number of nitriles is 1. The van der Waals surface area contributed by atoms with Crippen molar-refractivity contribution in [2.75, 3.05) is 5.32 Å². The van der Waals surface area contributed by atoms with Gasteiger partial charge >= 0.3 is 6.03 Å². The van der Waals surface area contributed by atoms with Gasteiger partial charge in [-0.25, -0.2) is 9.78 Å². The molecule has 0 aliphatic rings. The highest BCUT2D eigenvalue weighted by Crippen LogP contribution is 2.39. The Hall–Kier alpha value is -3.02. The Morgan fingerprint density at radius 2 is 1.66 bits per heavy atom. The largest absolute Gasteiger partial charge is 0.436 e. The normalized spacial score (nSPS) is 10.2. The van der Waals surface area contributed by atoms with Gasteiger partial charge in [0, 0.05) is 17.4 Å². The van der Waals surface area contributed by atoms with Crippen LogP contribution in [0.15, 0.2) is 42.6 Å². The number of aromatic nitrogens is 1. The lowest BCUT2D eigenvalue weighted by molar-refractivity contribution is 0.0967. The fraction of sp³-hybridized carbons (Fsp3) is 0.0476. The molecule has 1 heterocycles. The minimum Gasteiger partial charge on any atom is -0.436 e. The van der Waals surface area contributed by atoms with Crippen molar-refractivity contribution >= 4 is 64.0 Å². The number of hydrogen-bond donors (Lipinski definition) is 2. The van der Waals surface area contributed by atoms with Gasteiger partial charge in [-0.05, 0) is 37.3 Å². The highest BCUT2D eigenvalue weighted by atomic mass is 35.5. The maximum atomic E-state index is 12.3. The Balaban J connectivity index is 1.74. The molecule has 3 aromatic rings. The average molecular weight is 510 g/mol. The molecule has 0 aliphatic heterocycles. The van der Waals surface area contributed by atoms with Crippen molar-refractivity contribution in [1.82, 2.24) is 10.3 Å². The Morgan fingerprint density at radius 1 is 1.03 bits per heavy atom. The molecule has 3 amide bonds. The number of anilines is 1. The van der Waals surface area contributed by atoms with Crippen molar-refractivity contribution in [1.29, 1.82) is 5.26 Å². The summed E-state index contributed by atoms with van der Waals surface area (Å²) in [5.41, 5.74) is 1.16. The number of nitrogens with one attached hydrogen (secondary N) is 2. The van der Waals surface area contributed by atoms with Gasteiger partial charge in [0.1, 0.15) is 6.07 Å². The van der Waals surface area contributed by atoms with Gasteiger partial charge in [-0.2, -0.15) is 5.26 Å². The first-order chi connectivity index (χ1) is 15.2. The Labute approximate surface area is 202 Å². The molecule has 7 nitrogen and oxygen atoms in total. The summed E-state index contributed by atoms with van der Waals surface area (Å²) in [5, 5.41) is 13.9. The summed E-state index contributed by atoms with van der Waals surface area (Å²) in [5.74, 6) is -0.454. The van der Waals surface area contributed by atoms with E-state index in [1.165, 1.54) is 30.5 Å². The number of imide groups is 1. The van der Waals surface area contributed by atoms with Crippen LogP contribution in [0.25, 0.3) is 0 Å². The first-order valence-electron chi connectivity index (χ1n) is 8.79. The van der Waals surface area contributed by atoms with Crippen molar-refractivity contribution in [2.24, 2.45) is 0 Å². The van der Waals surface area contributed by atoms with Crippen LogP contribution < -0.4 is 15.4 Å². The van der Waals surface area contributed by atoms with Crippen LogP contribution in [0.1, 0.15) is 21.5 Å². The number of aryl methyl sites for hydroxylation is 1. The first-order valence-corrected chi connectivity index (χ1v) is 10.3. The smallest absolute Gasteiger partial charge is 0.326 e. The third-order valence-electron chi connectivity index (χ3n) is 4.03. The quantitative estimate of drug-likeness (QED) is 0.410. The first kappa shape index (κ1) is 23.6. The molecule has 0 bridgehead atoms. The van der Waals surface area contributed by atoms with Crippen molar-refractivity contribution in [3.05, 3.63) is 79.4 Å². The summed E-state index contributed by atoms with van der Waals surface area (Å²) in [6.07, 6.45) is 1.35. The molecule has 0 unspecified atom stereocenters. The van der Waals surface area contributed by atoms with Crippen molar-refractivity contribution in [3.63, 3.8) is 0 Å². The van der Waals surface area contributed by atoms with Crippen LogP contribution in [0, 0.1) is 18.3 Å². The van der Waals surface area contributed by atoms with Crippen LogP contribution in [0.3, 0.4) is 0 Å². The molecular weight excluding hydrogens is 498 g/mol. The van der Waals surface area contributed by atoms with Crippen LogP contribution in [0.2, 0.25) is 20.1 Å². The predicted octanol–water partition coefficient (Wildman–Crippen LogP) is 6.63. The molecule has 1 aromatic heterocycles. The number of pyridine rings is 1. The molecule has 0 saturated carbocycles. The van der Waals surface area contributed by atoms with E-state index in [1.807, 2.05) is 6.07 Å². The highest BCUT2D eigenvalue weighted by Gasteiger charge is 2.18. The van der Waals surface area contributed by atoms with Crippen LogP contribution in [-0.4, -0.2) is 16.9 Å². The molecule has 162 valence electrons. The molecule has 11 heteroatoms. The fourth-order valence-electron chi connectivity index (χ4n) is 2.60. The molecule has 2 aromatic carbocycles. The lowest BCUT2D eigenvalue weighted by atomic mass is 10.2. The Kier molecular flexibility index (Phi) is 7.44. The second kappa shape index (κ2) is 10.1. The number of urea groups is 1. The van der Waals surface area contributed by atoms with Crippen molar-refractivity contribution in [2.45, 2.75) is 6.92 Å². The van der Waals surface area contributed by atoms with Gasteiger partial charge < -0.3 is 10.1 Å². The van der Waals surface area contributed by atoms with Crippen molar-refractivity contribution < 1.29 is 14.3 Å². The van der Waals surface area contributed by atoms with Gasteiger partial charge in [-0.15, -0.1) is 0 Å². The van der Waals surface area contributed by atoms with E-state index in [0.717, 1.165) is 0 Å². The molecule has 0 atom stereocenters. The predicted molar refractivity (Wildman–Crippen MR) is 123 cm³/mol. The van der Waals surface area contributed by atoms with E-state index in [2.05, 4.69) is 15.6 Å². The van der Waals surface area contributed by atoms with E-state index in [4.69, 9.17) is 56.4 Å². The Morgan fingerprint density at radius 3 is 2.22 bits per heavy atom. The number of carbonyl (C=O) groups excluding carboxylic acids is 2. The van der Waals surface area contributed by atoms with E-state index in [9.17, 15) is 9.59 Å². The van der Waals surface area contributed by atoms with Gasteiger partial charge in [0.05, 0.1) is 31.2 Å². The van der Waals surface area contributed by atoms with Crippen LogP contribution in [0.4, 0.5) is 10.5 Å². The van der Waals surface area contributed by atoms with Gasteiger partial charge in [0.25, 0.3) is 5.91 Å². The molecular formula is C21H12Cl4N4O3. The summed E-state index contributed by atoms with van der Waals surface area (Å²) in [6, 6.07) is 10.0. The molecule has 0 saturated heterocycles. The summed E-state index contributed by atoms with van der Waals surface area (Å²) in [4.78, 5) is 28.6. The van der Waals surface area contributed by atoms with Crippen molar-refractivity contribution in [3.8, 4) is 17.7 Å². The summed E-state index contributed by atoms with van der Waals surface area (Å²) in [7, 11) is 0. The number of amides is 3. The summed E-state index contributed by atoms with van der Waals surface area (Å²) >= 11 is 24.5. The summed E-state index contributed by atoms with van der Waals surface area (Å²) in [6.45, 7) is 1.72. The van der Waals surface area contributed by atoms with E-state index in [1.54, 1.807) is 19.1 Å². The second-order valence-electron chi connectivity index (χ2n) is 6.33. The molecule has 2 N–H and O–H groups in total. The van der Waals surface area contributed by atoms with Crippen LogP contribution in [-0.2, 0) is 0 Å². The molecule has 3 rings (SSSR count). The number of hydrogen-bond acceptors (Lipinski definition) is 5. The molecule has 0 radical (unpaired) electrons. The lowest BCUT2D eigenvalue weighted by Crippen LogP contribution is -2.34. The zero-order valence-electron chi connectivity index (χ0n) is 16.2. The van der Waals surface area contributed by atoms with Crippen LogP contribution in [0.5, 0.6) is 11.6 Å².